The number of hydrogen-bond donors (Lipinski definition) is 2. The van der Waals surface area contributed by atoms with Gasteiger partial charge in [-0.3, -0.25) is 4.79 Å². The number of nitrogens with zero attached hydrogens (tertiary/aromatic N) is 1. The van der Waals surface area contributed by atoms with Crippen LogP contribution in [0.1, 0.15) is 49.8 Å². The lowest BCUT2D eigenvalue weighted by atomic mass is 9.88. The second kappa shape index (κ2) is 7.89. The van der Waals surface area contributed by atoms with Gasteiger partial charge in [0.05, 0.1) is 12.0 Å². The van der Waals surface area contributed by atoms with Gasteiger partial charge in [-0.2, -0.15) is 0 Å². The summed E-state index contributed by atoms with van der Waals surface area (Å²) >= 11 is 0. The Hall–Kier alpha value is -2.04. The van der Waals surface area contributed by atoms with E-state index < -0.39 is 0 Å². The fourth-order valence-corrected chi connectivity index (χ4v) is 3.60. The molecule has 0 spiro atoms. The van der Waals surface area contributed by atoms with Gasteiger partial charge < -0.3 is 15.5 Å². The molecule has 136 valence electrons. The minimum absolute atomic E-state index is 0.0407. The van der Waals surface area contributed by atoms with Gasteiger partial charge in [-0.25, -0.2) is 4.79 Å². The molecule has 0 unspecified atom stereocenters. The van der Waals surface area contributed by atoms with Crippen molar-refractivity contribution in [2.45, 2.75) is 45.6 Å². The predicted molar refractivity (Wildman–Crippen MR) is 98.2 cm³/mol. The quantitative estimate of drug-likeness (QED) is 0.863. The number of benzene rings is 1. The molecule has 1 aromatic rings. The highest BCUT2D eigenvalue weighted by atomic mass is 16.2. The van der Waals surface area contributed by atoms with Crippen LogP contribution in [0, 0.1) is 18.8 Å². The van der Waals surface area contributed by atoms with Gasteiger partial charge in [0.25, 0.3) is 0 Å². The fraction of sp³-hybridized carbons (Fsp3) is 0.600. The van der Waals surface area contributed by atoms with Crippen LogP contribution in [0.15, 0.2) is 24.3 Å². The molecule has 1 aliphatic heterocycles. The SMILES string of the molecule is CCNC(=O)N1C[C@@H](C(=O)NCC2CC2)CC[C@@H]1c1cccc(C)c1. The molecular weight excluding hydrogens is 314 g/mol. The van der Waals surface area contributed by atoms with E-state index in [0.29, 0.717) is 19.0 Å². The van der Waals surface area contributed by atoms with Gasteiger partial charge in [0, 0.05) is 19.6 Å². The van der Waals surface area contributed by atoms with Crippen LogP contribution in [-0.2, 0) is 4.79 Å². The monoisotopic (exact) mass is 343 g/mol. The predicted octanol–water partition coefficient (Wildman–Crippen LogP) is 3.00. The Labute approximate surface area is 150 Å². The number of rotatable bonds is 5. The summed E-state index contributed by atoms with van der Waals surface area (Å²) in [6, 6.07) is 8.29. The van der Waals surface area contributed by atoms with Crippen LogP contribution in [0.25, 0.3) is 0 Å². The zero-order valence-corrected chi connectivity index (χ0v) is 15.3. The fourth-order valence-electron chi connectivity index (χ4n) is 3.60. The molecule has 5 nitrogen and oxygen atoms in total. The van der Waals surface area contributed by atoms with Crippen LogP contribution in [0.5, 0.6) is 0 Å². The van der Waals surface area contributed by atoms with E-state index in [-0.39, 0.29) is 23.9 Å². The largest absolute Gasteiger partial charge is 0.356 e. The van der Waals surface area contributed by atoms with Crippen molar-refractivity contribution in [1.29, 1.82) is 0 Å². The third-order valence-electron chi connectivity index (χ3n) is 5.23. The van der Waals surface area contributed by atoms with E-state index in [9.17, 15) is 9.59 Å². The molecule has 1 aliphatic carbocycles. The van der Waals surface area contributed by atoms with Crippen molar-refractivity contribution in [3.05, 3.63) is 35.4 Å². The first kappa shape index (κ1) is 17.8. The maximum atomic E-state index is 12.6. The summed E-state index contributed by atoms with van der Waals surface area (Å²) in [5.74, 6) is 0.665. The Morgan fingerprint density at radius 1 is 1.16 bits per heavy atom. The standard InChI is InChI=1S/C20H29N3O2/c1-3-21-20(25)23-13-17(19(24)22-12-15-7-8-15)9-10-18(23)16-6-4-5-14(2)11-16/h4-6,11,15,17-18H,3,7-10,12-13H2,1-2H3,(H,21,25)(H,22,24)/t17-,18+/m0/s1. The highest BCUT2D eigenvalue weighted by Gasteiger charge is 2.35. The number of carbonyl (C=O) groups is 2. The van der Waals surface area contributed by atoms with Crippen LogP contribution in [-0.4, -0.2) is 36.5 Å². The molecular formula is C20H29N3O2. The van der Waals surface area contributed by atoms with Crippen LogP contribution < -0.4 is 10.6 Å². The van der Waals surface area contributed by atoms with E-state index >= 15 is 0 Å². The summed E-state index contributed by atoms with van der Waals surface area (Å²) in [5.41, 5.74) is 2.35. The normalized spacial score (nSPS) is 23.2. The van der Waals surface area contributed by atoms with E-state index in [2.05, 4.69) is 35.8 Å². The molecule has 3 rings (SSSR count). The summed E-state index contributed by atoms with van der Waals surface area (Å²) < 4.78 is 0. The van der Waals surface area contributed by atoms with Gasteiger partial charge in [0.1, 0.15) is 0 Å². The molecule has 2 aliphatic rings. The summed E-state index contributed by atoms with van der Waals surface area (Å²) in [6.07, 6.45) is 4.10. The smallest absolute Gasteiger partial charge is 0.317 e. The Bertz CT molecular complexity index is 627. The van der Waals surface area contributed by atoms with E-state index in [1.807, 2.05) is 17.9 Å². The summed E-state index contributed by atoms with van der Waals surface area (Å²) in [6.45, 7) is 5.85. The lowest BCUT2D eigenvalue weighted by Gasteiger charge is -2.39. The maximum Gasteiger partial charge on any atom is 0.317 e. The number of nitrogens with one attached hydrogen (secondary N) is 2. The lowest BCUT2D eigenvalue weighted by Crippen LogP contribution is -2.50. The topological polar surface area (TPSA) is 61.4 Å². The van der Waals surface area contributed by atoms with Crippen molar-refractivity contribution in [3.63, 3.8) is 0 Å². The van der Waals surface area contributed by atoms with E-state index in [4.69, 9.17) is 0 Å². The molecule has 2 fully saturated rings. The van der Waals surface area contributed by atoms with Crippen molar-refractivity contribution in [2.24, 2.45) is 11.8 Å². The summed E-state index contributed by atoms with van der Waals surface area (Å²) in [5, 5.41) is 5.98. The van der Waals surface area contributed by atoms with Crippen molar-refractivity contribution < 1.29 is 9.59 Å². The van der Waals surface area contributed by atoms with Gasteiger partial charge in [-0.1, -0.05) is 29.8 Å². The van der Waals surface area contributed by atoms with Gasteiger partial charge >= 0.3 is 6.03 Å². The maximum absolute atomic E-state index is 12.6. The number of aryl methyl sites for hydroxylation is 1. The lowest BCUT2D eigenvalue weighted by molar-refractivity contribution is -0.126. The third-order valence-corrected chi connectivity index (χ3v) is 5.23. The third kappa shape index (κ3) is 4.53. The molecule has 2 N–H and O–H groups in total. The van der Waals surface area contributed by atoms with Crippen LogP contribution in [0.3, 0.4) is 0 Å². The number of amides is 3. The number of piperidine rings is 1. The number of hydrogen-bond acceptors (Lipinski definition) is 2. The molecule has 1 heterocycles. The number of urea groups is 1. The zero-order chi connectivity index (χ0) is 17.8. The minimum atomic E-state index is -0.109. The first-order chi connectivity index (χ1) is 12.1. The van der Waals surface area contributed by atoms with Crippen LogP contribution >= 0.6 is 0 Å². The van der Waals surface area contributed by atoms with Crippen molar-refractivity contribution in [2.75, 3.05) is 19.6 Å². The summed E-state index contributed by atoms with van der Waals surface area (Å²) in [7, 11) is 0. The van der Waals surface area contributed by atoms with Crippen molar-refractivity contribution in [1.82, 2.24) is 15.5 Å². The Morgan fingerprint density at radius 3 is 2.64 bits per heavy atom. The molecule has 0 bridgehead atoms. The van der Waals surface area contributed by atoms with E-state index in [0.717, 1.165) is 24.9 Å². The molecule has 1 saturated carbocycles. The van der Waals surface area contributed by atoms with Crippen molar-refractivity contribution >= 4 is 11.9 Å². The molecule has 25 heavy (non-hydrogen) atoms. The molecule has 2 atom stereocenters. The Kier molecular flexibility index (Phi) is 5.61. The first-order valence-corrected chi connectivity index (χ1v) is 9.47. The molecule has 0 radical (unpaired) electrons. The average molecular weight is 343 g/mol. The Morgan fingerprint density at radius 2 is 1.96 bits per heavy atom. The highest BCUT2D eigenvalue weighted by Crippen LogP contribution is 2.34. The highest BCUT2D eigenvalue weighted by molar-refractivity contribution is 5.81. The molecule has 0 aromatic heterocycles. The van der Waals surface area contributed by atoms with Crippen LogP contribution in [0.2, 0.25) is 0 Å². The van der Waals surface area contributed by atoms with Crippen molar-refractivity contribution in [3.8, 4) is 0 Å². The molecule has 5 heteroatoms. The molecule has 1 saturated heterocycles. The molecule has 1 aromatic carbocycles. The number of likely N-dealkylation sites (tertiary alicyclic amines) is 1. The average Bonchev–Trinajstić information content (AvgIpc) is 3.44. The van der Waals surface area contributed by atoms with E-state index in [1.165, 1.54) is 18.4 Å². The second-order valence-electron chi connectivity index (χ2n) is 7.38. The van der Waals surface area contributed by atoms with E-state index in [1.54, 1.807) is 0 Å². The minimum Gasteiger partial charge on any atom is -0.356 e. The van der Waals surface area contributed by atoms with Gasteiger partial charge in [-0.15, -0.1) is 0 Å². The Balaban J connectivity index is 1.71. The summed E-state index contributed by atoms with van der Waals surface area (Å²) in [4.78, 5) is 26.9. The second-order valence-corrected chi connectivity index (χ2v) is 7.38. The zero-order valence-electron chi connectivity index (χ0n) is 15.3. The van der Waals surface area contributed by atoms with Gasteiger partial charge in [0.15, 0.2) is 0 Å². The van der Waals surface area contributed by atoms with Crippen LogP contribution in [0.4, 0.5) is 4.79 Å². The van der Waals surface area contributed by atoms with Gasteiger partial charge in [-0.05, 0) is 51.0 Å². The van der Waals surface area contributed by atoms with Gasteiger partial charge in [0.2, 0.25) is 5.91 Å². The first-order valence-electron chi connectivity index (χ1n) is 9.47. The molecule has 3 amide bonds. The number of carbonyl (C=O) groups excluding carboxylic acids is 2.